The van der Waals surface area contributed by atoms with Crippen molar-refractivity contribution in [3.63, 3.8) is 0 Å². The number of hydrogen-bond donors (Lipinski definition) is 2. The first-order chi connectivity index (χ1) is 22.1. The topological polar surface area (TPSA) is 181 Å². The van der Waals surface area contributed by atoms with E-state index in [0.717, 1.165) is 46.6 Å². The van der Waals surface area contributed by atoms with E-state index in [9.17, 15) is 34.2 Å². The maximum Gasteiger partial charge on any atom is 0.339 e. The van der Waals surface area contributed by atoms with E-state index in [1.54, 1.807) is 0 Å². The molecular formula is C34H50O13. The van der Waals surface area contributed by atoms with Gasteiger partial charge in [-0.05, 0) is 79.4 Å². The first-order valence-corrected chi connectivity index (χ1v) is 16.9. The van der Waals surface area contributed by atoms with E-state index in [1.165, 1.54) is 6.92 Å². The van der Waals surface area contributed by atoms with Crippen molar-refractivity contribution in [2.45, 2.75) is 129 Å². The Labute approximate surface area is 275 Å². The first kappa shape index (κ1) is 35.7. The number of Topliss-reactive ketones (excluding diaryl/α,β-unsaturated/α-hetero) is 1. The number of esters is 4. The molecule has 0 aromatic rings. The molecule has 1 saturated heterocycles. The molecule has 1 aliphatic heterocycles. The van der Waals surface area contributed by atoms with Crippen molar-refractivity contribution < 1.29 is 62.6 Å². The maximum absolute atomic E-state index is 14.0. The van der Waals surface area contributed by atoms with E-state index in [0.29, 0.717) is 31.6 Å². The number of methoxy groups -OCH3 is 1. The standard InChI is InChI=1S/C34H50O13/c1-16(36)43-27-28(44-17(2)37)30(45-18(3)38)32(47-29(27)31(41)42-6)46-20-11-12-33(4)19(13-20)7-8-21-22-9-10-23(25(40)15-35)34(22,5)14-24(39)26(21)33/h19-23,25-30,32,35,40H,7-15H2,1-6H3. The van der Waals surface area contributed by atoms with Crippen molar-refractivity contribution in [3.8, 4) is 0 Å². The highest BCUT2D eigenvalue weighted by Crippen LogP contribution is 2.67. The summed E-state index contributed by atoms with van der Waals surface area (Å²) in [4.78, 5) is 63.2. The third kappa shape index (κ3) is 6.57. The molecule has 47 heavy (non-hydrogen) atoms. The van der Waals surface area contributed by atoms with Crippen LogP contribution in [0.15, 0.2) is 0 Å². The van der Waals surface area contributed by atoms with Crippen LogP contribution in [0.25, 0.3) is 0 Å². The second-order valence-corrected chi connectivity index (χ2v) is 14.8. The smallest absolute Gasteiger partial charge is 0.339 e. The van der Waals surface area contributed by atoms with Crippen molar-refractivity contribution in [2.75, 3.05) is 13.7 Å². The van der Waals surface area contributed by atoms with Crippen LogP contribution in [-0.4, -0.2) is 96.5 Å². The highest BCUT2D eigenvalue weighted by Gasteiger charge is 2.64. The zero-order valence-corrected chi connectivity index (χ0v) is 28.2. The van der Waals surface area contributed by atoms with E-state index >= 15 is 0 Å². The van der Waals surface area contributed by atoms with Crippen LogP contribution >= 0.6 is 0 Å². The number of ketones is 1. The van der Waals surface area contributed by atoms with Crippen LogP contribution in [0.4, 0.5) is 0 Å². The van der Waals surface area contributed by atoms with Gasteiger partial charge in [0.1, 0.15) is 5.78 Å². The van der Waals surface area contributed by atoms with Crippen LogP contribution in [-0.2, 0) is 52.4 Å². The van der Waals surface area contributed by atoms with E-state index in [-0.39, 0.29) is 46.9 Å². The molecule has 14 unspecified atom stereocenters. The van der Waals surface area contributed by atoms with Gasteiger partial charge in [-0.15, -0.1) is 0 Å². The molecule has 0 spiro atoms. The molecular weight excluding hydrogens is 616 g/mol. The molecule has 4 saturated carbocycles. The second-order valence-electron chi connectivity index (χ2n) is 14.8. The largest absolute Gasteiger partial charge is 0.467 e. The Hall–Kier alpha value is -2.61. The third-order valence-corrected chi connectivity index (χ3v) is 12.2. The fourth-order valence-electron chi connectivity index (χ4n) is 10.3. The van der Waals surface area contributed by atoms with Gasteiger partial charge in [-0.1, -0.05) is 13.8 Å². The molecule has 5 aliphatic rings. The fraction of sp³-hybridized carbons (Fsp3) is 0.853. The van der Waals surface area contributed by atoms with Crippen molar-refractivity contribution >= 4 is 29.7 Å². The first-order valence-electron chi connectivity index (χ1n) is 16.9. The summed E-state index contributed by atoms with van der Waals surface area (Å²) < 4.78 is 33.7. The Bertz CT molecular complexity index is 1240. The summed E-state index contributed by atoms with van der Waals surface area (Å²) in [5, 5.41) is 20.3. The van der Waals surface area contributed by atoms with Crippen molar-refractivity contribution in [2.24, 2.45) is 40.4 Å². The van der Waals surface area contributed by atoms with Crippen molar-refractivity contribution in [1.29, 1.82) is 0 Å². The molecule has 5 rings (SSSR count). The van der Waals surface area contributed by atoms with E-state index in [2.05, 4.69) is 13.8 Å². The number of ether oxygens (including phenoxy) is 6. The van der Waals surface area contributed by atoms with Gasteiger partial charge in [-0.2, -0.15) is 0 Å². The molecule has 5 fully saturated rings. The minimum Gasteiger partial charge on any atom is -0.467 e. The zero-order chi connectivity index (χ0) is 34.4. The van der Waals surface area contributed by atoms with E-state index in [1.807, 2.05) is 0 Å². The van der Waals surface area contributed by atoms with Crippen molar-refractivity contribution in [3.05, 3.63) is 0 Å². The highest BCUT2D eigenvalue weighted by atomic mass is 16.7. The Morgan fingerprint density at radius 2 is 1.53 bits per heavy atom. The predicted molar refractivity (Wildman–Crippen MR) is 161 cm³/mol. The average molecular weight is 667 g/mol. The Balaban J connectivity index is 1.36. The van der Waals surface area contributed by atoms with Crippen LogP contribution in [0.5, 0.6) is 0 Å². The molecule has 14 atom stereocenters. The van der Waals surface area contributed by atoms with Crippen LogP contribution < -0.4 is 0 Å². The number of fused-ring (bicyclic) bond motifs is 5. The quantitative estimate of drug-likeness (QED) is 0.219. The minimum absolute atomic E-state index is 0.0946. The molecule has 13 heteroatoms. The van der Waals surface area contributed by atoms with Crippen LogP contribution in [0, 0.1) is 40.4 Å². The van der Waals surface area contributed by atoms with Gasteiger partial charge in [-0.25, -0.2) is 4.79 Å². The summed E-state index contributed by atoms with van der Waals surface area (Å²) in [6.07, 6.45) is -2.54. The van der Waals surface area contributed by atoms with Crippen LogP contribution in [0.1, 0.15) is 86.0 Å². The summed E-state index contributed by atoms with van der Waals surface area (Å²) in [7, 11) is 1.14. The molecule has 0 aromatic heterocycles. The number of carbonyl (C=O) groups is 5. The molecule has 0 aromatic carbocycles. The van der Waals surface area contributed by atoms with Gasteiger partial charge in [0.05, 0.1) is 25.9 Å². The summed E-state index contributed by atoms with van der Waals surface area (Å²) in [6, 6.07) is 0. The van der Waals surface area contributed by atoms with Crippen molar-refractivity contribution in [1.82, 2.24) is 0 Å². The Morgan fingerprint density at radius 3 is 2.15 bits per heavy atom. The molecule has 1 heterocycles. The molecule has 264 valence electrons. The lowest BCUT2D eigenvalue weighted by molar-refractivity contribution is -0.314. The molecule has 2 N–H and O–H groups in total. The average Bonchev–Trinajstić information content (AvgIpc) is 3.34. The van der Waals surface area contributed by atoms with Gasteiger partial charge in [-0.3, -0.25) is 19.2 Å². The number of aliphatic hydroxyl groups excluding tert-OH is 2. The summed E-state index contributed by atoms with van der Waals surface area (Å²) in [5.41, 5.74) is -0.584. The zero-order valence-electron chi connectivity index (χ0n) is 28.2. The number of aliphatic hydroxyl groups is 2. The number of hydrogen-bond acceptors (Lipinski definition) is 13. The lowest BCUT2D eigenvalue weighted by atomic mass is 9.44. The van der Waals surface area contributed by atoms with Gasteiger partial charge >= 0.3 is 23.9 Å². The Morgan fingerprint density at radius 1 is 0.894 bits per heavy atom. The summed E-state index contributed by atoms with van der Waals surface area (Å²) in [5.74, 6) is -2.42. The van der Waals surface area contributed by atoms with Gasteiger partial charge in [0.15, 0.2) is 30.7 Å². The van der Waals surface area contributed by atoms with Crippen LogP contribution in [0.2, 0.25) is 0 Å². The Kier molecular flexibility index (Phi) is 10.4. The SMILES string of the molecule is COC(=O)C1OC(OC2CCC3(C)C(CCC4C5CCC(C(O)CO)C5(C)CC(=O)C43)C2)C(OC(C)=O)C(OC(C)=O)C1OC(C)=O. The maximum atomic E-state index is 14.0. The molecule has 4 aliphatic carbocycles. The van der Waals surface area contributed by atoms with E-state index in [4.69, 9.17) is 28.4 Å². The predicted octanol–water partition coefficient (Wildman–Crippen LogP) is 2.26. The molecule has 13 nitrogen and oxygen atoms in total. The van der Waals surface area contributed by atoms with E-state index < -0.39 is 66.8 Å². The van der Waals surface area contributed by atoms with Gasteiger partial charge < -0.3 is 38.6 Å². The van der Waals surface area contributed by atoms with Gasteiger partial charge in [0, 0.05) is 33.1 Å². The summed E-state index contributed by atoms with van der Waals surface area (Å²) in [6.45, 7) is 7.48. The molecule has 0 amide bonds. The highest BCUT2D eigenvalue weighted by molar-refractivity contribution is 5.84. The fourth-order valence-corrected chi connectivity index (χ4v) is 10.3. The van der Waals surface area contributed by atoms with Gasteiger partial charge in [0.25, 0.3) is 0 Å². The minimum atomic E-state index is -1.52. The lowest BCUT2D eigenvalue weighted by Crippen LogP contribution is -2.64. The second kappa shape index (κ2) is 13.7. The number of rotatable bonds is 8. The normalized spacial score (nSPS) is 43.4. The lowest BCUT2D eigenvalue weighted by Gasteiger charge is -2.60. The monoisotopic (exact) mass is 666 g/mol. The molecule has 0 radical (unpaired) electrons. The molecule has 0 bridgehead atoms. The number of carbonyl (C=O) groups excluding carboxylic acids is 5. The third-order valence-electron chi connectivity index (χ3n) is 12.2. The van der Waals surface area contributed by atoms with Crippen LogP contribution in [0.3, 0.4) is 0 Å². The van der Waals surface area contributed by atoms with Gasteiger partial charge in [0.2, 0.25) is 0 Å². The summed E-state index contributed by atoms with van der Waals surface area (Å²) >= 11 is 0.